The second-order valence-corrected chi connectivity index (χ2v) is 9.58. The molecule has 5 N–H and O–H groups in total. The third kappa shape index (κ3) is 9.55. The van der Waals surface area contributed by atoms with Crippen molar-refractivity contribution in [2.45, 2.75) is 95.9 Å². The van der Waals surface area contributed by atoms with E-state index in [1.165, 1.54) is 0 Å². The summed E-state index contributed by atoms with van der Waals surface area (Å²) in [7, 11) is 1.71. The van der Waals surface area contributed by atoms with Crippen LogP contribution in [0.3, 0.4) is 0 Å². The van der Waals surface area contributed by atoms with E-state index in [-0.39, 0.29) is 42.8 Å². The smallest absolute Gasteiger partial charge is 0.305 e. The molecule has 0 bridgehead atoms. The van der Waals surface area contributed by atoms with Crippen LogP contribution in [-0.4, -0.2) is 66.7 Å². The van der Waals surface area contributed by atoms with Crippen molar-refractivity contribution < 1.29 is 23.9 Å². The van der Waals surface area contributed by atoms with E-state index in [4.69, 9.17) is 0 Å². The molecule has 0 saturated heterocycles. The number of hydrogen-bond donors (Lipinski definition) is 5. The molecule has 0 spiro atoms. The lowest BCUT2D eigenvalue weighted by Crippen LogP contribution is -2.50. The number of rotatable bonds is 9. The first-order chi connectivity index (χ1) is 15.7. The maximum Gasteiger partial charge on any atom is 0.305 e. The van der Waals surface area contributed by atoms with E-state index in [2.05, 4.69) is 26.3 Å². The first-order valence-electron chi connectivity index (χ1n) is 12.1. The van der Waals surface area contributed by atoms with Crippen LogP contribution in [0.4, 0.5) is 4.39 Å². The lowest BCUT2D eigenvalue weighted by molar-refractivity contribution is -0.138. The minimum atomic E-state index is -1.01. The number of aliphatic carboxylic acids is 1. The van der Waals surface area contributed by atoms with E-state index >= 15 is 0 Å². The zero-order valence-corrected chi connectivity index (χ0v) is 20.0. The predicted octanol–water partition coefficient (Wildman–Crippen LogP) is 1.72. The highest BCUT2D eigenvalue weighted by Crippen LogP contribution is 2.30. The molecular weight excluding hydrogens is 429 g/mol. The number of alkyl halides is 1. The predicted molar refractivity (Wildman–Crippen MR) is 125 cm³/mol. The van der Waals surface area contributed by atoms with Crippen LogP contribution in [0.1, 0.15) is 71.6 Å². The number of carbonyl (C=O) groups excluding carboxylic acids is 2. The second-order valence-electron chi connectivity index (χ2n) is 9.58. The van der Waals surface area contributed by atoms with Crippen LogP contribution >= 0.6 is 0 Å². The highest BCUT2D eigenvalue weighted by molar-refractivity contribution is 5.86. The number of carboxylic acids is 1. The lowest BCUT2D eigenvalue weighted by Gasteiger charge is -2.32. The van der Waals surface area contributed by atoms with Crippen molar-refractivity contribution in [1.29, 1.82) is 0 Å². The molecule has 0 heterocycles. The molecule has 33 heavy (non-hydrogen) atoms. The maximum absolute atomic E-state index is 13.4. The summed E-state index contributed by atoms with van der Waals surface area (Å²) < 4.78 is 13.4. The van der Waals surface area contributed by atoms with Crippen molar-refractivity contribution in [2.24, 2.45) is 16.8 Å². The van der Waals surface area contributed by atoms with Gasteiger partial charge in [-0.3, -0.25) is 19.4 Å². The van der Waals surface area contributed by atoms with Crippen LogP contribution in [0.5, 0.6) is 0 Å². The summed E-state index contributed by atoms with van der Waals surface area (Å²) in [4.78, 5) is 40.6. The van der Waals surface area contributed by atoms with Crippen LogP contribution in [-0.2, 0) is 14.4 Å². The molecule has 2 saturated carbocycles. The molecule has 2 aliphatic rings. The zero-order valence-electron chi connectivity index (χ0n) is 20.0. The number of hydrogen-bond acceptors (Lipinski definition) is 4. The van der Waals surface area contributed by atoms with Gasteiger partial charge in [-0.25, -0.2) is 4.39 Å². The summed E-state index contributed by atoms with van der Waals surface area (Å²) in [6.07, 6.45) is 4.09. The van der Waals surface area contributed by atoms with E-state index in [0.29, 0.717) is 38.1 Å². The molecule has 2 fully saturated rings. The molecule has 2 rings (SSSR count). The largest absolute Gasteiger partial charge is 0.481 e. The number of carbonyl (C=O) groups is 3. The summed E-state index contributed by atoms with van der Waals surface area (Å²) in [6, 6.07) is -0.184. The van der Waals surface area contributed by atoms with Gasteiger partial charge < -0.3 is 26.4 Å². The van der Waals surface area contributed by atoms with Crippen molar-refractivity contribution in [2.75, 3.05) is 13.6 Å². The molecule has 10 heteroatoms. The van der Waals surface area contributed by atoms with E-state index < -0.39 is 24.1 Å². The fraction of sp³-hybridized carbons (Fsp3) is 0.826. The number of carboxylic acid groups (broad SMARTS) is 1. The summed E-state index contributed by atoms with van der Waals surface area (Å²) in [5.41, 5.74) is 0. The van der Waals surface area contributed by atoms with E-state index in [1.54, 1.807) is 7.05 Å². The van der Waals surface area contributed by atoms with E-state index in [9.17, 15) is 23.9 Å². The fourth-order valence-electron chi connectivity index (χ4n) is 4.77. The van der Waals surface area contributed by atoms with Gasteiger partial charge in [-0.05, 0) is 64.7 Å². The van der Waals surface area contributed by atoms with Gasteiger partial charge in [0, 0.05) is 31.1 Å². The van der Waals surface area contributed by atoms with Gasteiger partial charge in [-0.1, -0.05) is 6.42 Å². The third-order valence-electron chi connectivity index (χ3n) is 6.47. The van der Waals surface area contributed by atoms with Crippen molar-refractivity contribution in [3.05, 3.63) is 0 Å². The summed E-state index contributed by atoms with van der Waals surface area (Å²) in [5.74, 6) is -1.14. The number of guanidine groups is 1. The van der Waals surface area contributed by atoms with Gasteiger partial charge in [-0.2, -0.15) is 0 Å². The Kier molecular flexibility index (Phi) is 10.9. The number of aliphatic imine (C=N–C) groups is 1. The molecule has 3 unspecified atom stereocenters. The zero-order chi connectivity index (χ0) is 24.4. The minimum Gasteiger partial charge on any atom is -0.481 e. The van der Waals surface area contributed by atoms with E-state index in [0.717, 1.165) is 19.3 Å². The Hall–Kier alpha value is -2.39. The maximum atomic E-state index is 13.4. The van der Waals surface area contributed by atoms with Gasteiger partial charge in [0.1, 0.15) is 6.17 Å². The van der Waals surface area contributed by atoms with Gasteiger partial charge in [0.05, 0.1) is 13.0 Å². The van der Waals surface area contributed by atoms with Crippen molar-refractivity contribution in [3.63, 3.8) is 0 Å². The number of nitrogens with one attached hydrogen (secondary N) is 4. The third-order valence-corrected chi connectivity index (χ3v) is 6.47. The lowest BCUT2D eigenvalue weighted by atomic mass is 9.82. The van der Waals surface area contributed by atoms with Crippen LogP contribution in [0.2, 0.25) is 0 Å². The first-order valence-corrected chi connectivity index (χ1v) is 12.1. The monoisotopic (exact) mass is 469 g/mol. The molecule has 9 nitrogen and oxygen atoms in total. The van der Waals surface area contributed by atoms with Gasteiger partial charge in [0.15, 0.2) is 5.96 Å². The van der Waals surface area contributed by atoms with Crippen LogP contribution in [0.25, 0.3) is 0 Å². The number of halogens is 1. The average Bonchev–Trinajstić information content (AvgIpc) is 2.76. The molecule has 3 atom stereocenters. The fourth-order valence-corrected chi connectivity index (χ4v) is 4.77. The normalized spacial score (nSPS) is 26.9. The first kappa shape index (κ1) is 26.9. The molecule has 0 aromatic carbocycles. The Bertz CT molecular complexity index is 694. The standard InChI is InChI=1S/C23H40FN5O4/c1-14(2)27-23(25-3)28-18-6-4-5-16(11-18)22(33)26-13-20(30)29-19(12-21(31)32)15-7-9-17(24)10-8-15/h14-19H,4-13H2,1-3H3,(H,26,33)(H,29,30)(H,31,32)(H2,25,27,28). The molecular formula is C23H40FN5O4. The Balaban J connectivity index is 1.81. The van der Waals surface area contributed by atoms with Crippen molar-refractivity contribution >= 4 is 23.7 Å². The Morgan fingerprint density at radius 3 is 2.36 bits per heavy atom. The quantitative estimate of drug-likeness (QED) is 0.258. The molecule has 0 radical (unpaired) electrons. The van der Waals surface area contributed by atoms with Crippen LogP contribution in [0.15, 0.2) is 4.99 Å². The Morgan fingerprint density at radius 1 is 1.06 bits per heavy atom. The summed E-state index contributed by atoms with van der Waals surface area (Å²) in [5, 5.41) is 21.3. The highest BCUT2D eigenvalue weighted by atomic mass is 19.1. The van der Waals surface area contributed by atoms with Gasteiger partial charge in [0.2, 0.25) is 11.8 Å². The highest BCUT2D eigenvalue weighted by Gasteiger charge is 2.31. The van der Waals surface area contributed by atoms with Gasteiger partial charge >= 0.3 is 5.97 Å². The Morgan fingerprint density at radius 2 is 1.76 bits per heavy atom. The second kappa shape index (κ2) is 13.3. The number of amides is 2. The SMILES string of the molecule is CN=C(NC(C)C)NC1CCCC(C(=O)NCC(=O)NC(CC(=O)O)C2CCC(F)CC2)C1. The molecule has 0 aliphatic heterocycles. The van der Waals surface area contributed by atoms with Gasteiger partial charge in [0.25, 0.3) is 0 Å². The summed E-state index contributed by atoms with van der Waals surface area (Å²) in [6.45, 7) is 3.86. The van der Waals surface area contributed by atoms with Crippen LogP contribution in [0, 0.1) is 11.8 Å². The van der Waals surface area contributed by atoms with Crippen molar-refractivity contribution in [3.8, 4) is 0 Å². The minimum absolute atomic E-state index is 0.0631. The molecule has 188 valence electrons. The van der Waals surface area contributed by atoms with Crippen molar-refractivity contribution in [1.82, 2.24) is 21.3 Å². The van der Waals surface area contributed by atoms with Gasteiger partial charge in [-0.15, -0.1) is 0 Å². The van der Waals surface area contributed by atoms with E-state index in [1.807, 2.05) is 13.8 Å². The average molecular weight is 470 g/mol. The number of nitrogens with zero attached hydrogens (tertiary/aromatic N) is 1. The topological polar surface area (TPSA) is 132 Å². The molecule has 2 amide bonds. The molecule has 0 aromatic heterocycles. The van der Waals surface area contributed by atoms with Crippen LogP contribution < -0.4 is 21.3 Å². The Labute approximate surface area is 195 Å². The molecule has 2 aliphatic carbocycles. The molecule has 0 aromatic rings. The summed E-state index contributed by atoms with van der Waals surface area (Å²) >= 11 is 0.